The molecule has 0 saturated carbocycles. The van der Waals surface area contributed by atoms with E-state index in [0.717, 1.165) is 47.0 Å². The van der Waals surface area contributed by atoms with Crippen LogP contribution in [0.25, 0.3) is 66.4 Å². The van der Waals surface area contributed by atoms with E-state index < -0.39 is 0 Å². The molecule has 0 amide bonds. The molecule has 0 atom stereocenters. The number of hydrogen-bond donors (Lipinski definition) is 0. The Morgan fingerprint density at radius 1 is 0.473 bits per heavy atom. The molecule has 2 nitrogen and oxygen atoms in total. The summed E-state index contributed by atoms with van der Waals surface area (Å²) < 4.78 is 11.9. The minimum Gasteiger partial charge on any atom is -1.00 e. The second-order valence-electron chi connectivity index (χ2n) is 13.9. The standard InChI is InChI=1S/2C25H25O.2ClH.Zr/c2*1-3-5-7-18-10-12-19(13-11-18)23-9-6-8-20-16-21(17-24(20)23)25-15-14-22(4-2)26-25;;;/h2*6,8-17H,3-5,7H2,1-2H3;2*1H;/q2*-1;;;+4/p-2. The van der Waals surface area contributed by atoms with E-state index in [-0.39, 0.29) is 51.0 Å². The monoisotopic (exact) mass is 842 g/mol. The quantitative estimate of drug-likeness (QED) is 0.115. The first-order chi connectivity index (χ1) is 25.6. The van der Waals surface area contributed by atoms with Gasteiger partial charge in [-0.25, -0.2) is 0 Å². The van der Waals surface area contributed by atoms with Crippen molar-refractivity contribution >= 4 is 21.5 Å². The summed E-state index contributed by atoms with van der Waals surface area (Å²) in [7, 11) is 0. The fourth-order valence-electron chi connectivity index (χ4n) is 7.17. The predicted molar refractivity (Wildman–Crippen MR) is 221 cm³/mol. The third-order valence-electron chi connectivity index (χ3n) is 10.3. The summed E-state index contributed by atoms with van der Waals surface area (Å²) in [6.07, 6.45) is 9.17. The fourth-order valence-corrected chi connectivity index (χ4v) is 7.17. The second kappa shape index (κ2) is 20.9. The summed E-state index contributed by atoms with van der Waals surface area (Å²) >= 11 is 0. The minimum atomic E-state index is 0. The van der Waals surface area contributed by atoms with E-state index in [1.165, 1.54) is 93.5 Å². The Kier molecular flexibility index (Phi) is 16.6. The van der Waals surface area contributed by atoms with Crippen molar-refractivity contribution in [2.45, 2.75) is 79.1 Å². The average Bonchev–Trinajstić information content (AvgIpc) is 4.02. The Morgan fingerprint density at radius 3 is 1.22 bits per heavy atom. The molecule has 0 aliphatic carbocycles. The van der Waals surface area contributed by atoms with Gasteiger partial charge in [0.1, 0.15) is 0 Å². The van der Waals surface area contributed by atoms with Gasteiger partial charge in [-0.2, -0.15) is 0 Å². The molecule has 0 saturated heterocycles. The molecule has 6 aromatic carbocycles. The third-order valence-corrected chi connectivity index (χ3v) is 10.3. The van der Waals surface area contributed by atoms with Crippen LogP contribution in [0.3, 0.4) is 0 Å². The average molecular weight is 845 g/mol. The Balaban J connectivity index is 0.000000232. The Hall–Kier alpha value is -3.88. The molecule has 8 aromatic rings. The number of unbranched alkanes of at least 4 members (excludes halogenated alkanes) is 2. The van der Waals surface area contributed by atoms with Gasteiger partial charge in [0, 0.05) is 12.8 Å². The molecule has 0 aliphatic rings. The van der Waals surface area contributed by atoms with E-state index in [4.69, 9.17) is 8.83 Å². The van der Waals surface area contributed by atoms with Crippen LogP contribution in [-0.2, 0) is 51.9 Å². The van der Waals surface area contributed by atoms with Crippen molar-refractivity contribution in [3.63, 3.8) is 0 Å². The number of aryl methyl sites for hydroxylation is 4. The summed E-state index contributed by atoms with van der Waals surface area (Å²) in [6, 6.07) is 48.5. The van der Waals surface area contributed by atoms with Gasteiger partial charge >= 0.3 is 26.2 Å². The summed E-state index contributed by atoms with van der Waals surface area (Å²) in [6.45, 7) is 8.72. The van der Waals surface area contributed by atoms with Crippen LogP contribution in [0.1, 0.15) is 76.0 Å². The van der Waals surface area contributed by atoms with Gasteiger partial charge in [-0.1, -0.05) is 136 Å². The molecule has 2 heterocycles. The molecule has 0 spiro atoms. The molecule has 8 rings (SSSR count). The van der Waals surface area contributed by atoms with E-state index in [9.17, 15) is 0 Å². The van der Waals surface area contributed by atoms with E-state index in [2.05, 4.69) is 161 Å². The third kappa shape index (κ3) is 10.3. The van der Waals surface area contributed by atoms with Crippen LogP contribution in [0.4, 0.5) is 0 Å². The molecule has 0 fully saturated rings. The van der Waals surface area contributed by atoms with Gasteiger partial charge in [0.05, 0.1) is 23.0 Å². The summed E-state index contributed by atoms with van der Waals surface area (Å²) in [4.78, 5) is 0. The molecule has 0 aliphatic heterocycles. The smallest absolute Gasteiger partial charge is 1.00 e. The fraction of sp³-hybridized carbons (Fsp3) is 0.240. The first-order valence-corrected chi connectivity index (χ1v) is 19.3. The second-order valence-corrected chi connectivity index (χ2v) is 13.9. The Bertz CT molecular complexity index is 2180. The van der Waals surface area contributed by atoms with Crippen LogP contribution in [0, 0.1) is 0 Å². The molecule has 5 heteroatoms. The molecule has 0 radical (unpaired) electrons. The molecule has 0 unspecified atom stereocenters. The molecule has 0 N–H and O–H groups in total. The van der Waals surface area contributed by atoms with Gasteiger partial charge in [0.25, 0.3) is 0 Å². The largest absolute Gasteiger partial charge is 4.00 e. The SMILES string of the molecule is CCCCc1ccc(-c2cccc3[cH-]c(-c4ccc(CC)o4)cc23)cc1.CCCCc1ccc(-c2cccc3[cH-]c(-c4ccc(CC)o4)cc23)cc1.[Cl-].[Cl-].[Zr+4]. The summed E-state index contributed by atoms with van der Waals surface area (Å²) in [5.74, 6) is 3.99. The predicted octanol–water partition coefficient (Wildman–Crippen LogP) is 8.79. The number of halogens is 2. The van der Waals surface area contributed by atoms with E-state index >= 15 is 0 Å². The van der Waals surface area contributed by atoms with Gasteiger partial charge in [0.2, 0.25) is 0 Å². The Labute approximate surface area is 359 Å². The topological polar surface area (TPSA) is 26.3 Å². The number of fused-ring (bicyclic) bond motifs is 2. The first kappa shape index (κ1) is 43.8. The van der Waals surface area contributed by atoms with E-state index in [1.807, 2.05) is 0 Å². The van der Waals surface area contributed by atoms with Gasteiger partial charge in [-0.15, -0.1) is 57.9 Å². The zero-order chi connectivity index (χ0) is 35.9. The summed E-state index contributed by atoms with van der Waals surface area (Å²) in [5.41, 5.74) is 10.3. The number of furan rings is 2. The maximum atomic E-state index is 5.95. The van der Waals surface area contributed by atoms with Crippen molar-refractivity contribution in [3.05, 3.63) is 156 Å². The van der Waals surface area contributed by atoms with E-state index in [1.54, 1.807) is 0 Å². The number of rotatable bonds is 12. The van der Waals surface area contributed by atoms with Crippen molar-refractivity contribution in [1.82, 2.24) is 0 Å². The van der Waals surface area contributed by atoms with Crippen molar-refractivity contribution in [3.8, 4) is 44.9 Å². The van der Waals surface area contributed by atoms with Crippen LogP contribution in [0.2, 0.25) is 0 Å². The Morgan fingerprint density at radius 2 is 0.873 bits per heavy atom. The molecule has 0 bridgehead atoms. The van der Waals surface area contributed by atoms with Gasteiger partial charge in [-0.05, 0) is 72.2 Å². The number of hydrogen-bond acceptors (Lipinski definition) is 2. The van der Waals surface area contributed by atoms with Gasteiger partial charge in [0.15, 0.2) is 0 Å². The first-order valence-electron chi connectivity index (χ1n) is 19.3. The van der Waals surface area contributed by atoms with Crippen LogP contribution >= 0.6 is 0 Å². The summed E-state index contributed by atoms with van der Waals surface area (Å²) in [5, 5.41) is 5.11. The number of benzene rings is 4. The van der Waals surface area contributed by atoms with Gasteiger partial charge in [-0.3, -0.25) is 0 Å². The molecule has 2 aromatic heterocycles. The molecule has 280 valence electrons. The molecule has 55 heavy (non-hydrogen) atoms. The van der Waals surface area contributed by atoms with Gasteiger partial charge < -0.3 is 33.6 Å². The minimum absolute atomic E-state index is 0. The van der Waals surface area contributed by atoms with Crippen LogP contribution in [-0.4, -0.2) is 0 Å². The van der Waals surface area contributed by atoms with Crippen LogP contribution in [0.5, 0.6) is 0 Å². The van der Waals surface area contributed by atoms with Crippen molar-refractivity contribution in [2.75, 3.05) is 0 Å². The normalized spacial score (nSPS) is 10.7. The zero-order valence-corrected chi connectivity index (χ0v) is 36.4. The van der Waals surface area contributed by atoms with Crippen molar-refractivity contribution in [2.24, 2.45) is 0 Å². The zero-order valence-electron chi connectivity index (χ0n) is 32.4. The van der Waals surface area contributed by atoms with Crippen LogP contribution < -0.4 is 24.8 Å². The van der Waals surface area contributed by atoms with E-state index in [0.29, 0.717) is 0 Å². The maximum absolute atomic E-state index is 5.95. The maximum Gasteiger partial charge on any atom is 4.00 e. The molecular weight excluding hydrogens is 795 g/mol. The van der Waals surface area contributed by atoms with Crippen molar-refractivity contribution < 1.29 is 59.9 Å². The van der Waals surface area contributed by atoms with Crippen molar-refractivity contribution in [1.29, 1.82) is 0 Å². The van der Waals surface area contributed by atoms with Crippen LogP contribution in [0.15, 0.2) is 142 Å². The molecular formula is C50H50Cl2O2Zr.